The monoisotopic (exact) mass is 346 g/mol. The van der Waals surface area contributed by atoms with Crippen molar-refractivity contribution < 1.29 is 19.1 Å². The second-order valence-electron chi connectivity index (χ2n) is 5.80. The molecule has 0 unspecified atom stereocenters. The molecule has 4 nitrogen and oxygen atoms in total. The highest BCUT2D eigenvalue weighted by molar-refractivity contribution is 6.07. The molecule has 26 heavy (non-hydrogen) atoms. The number of hydrogen-bond donors (Lipinski definition) is 0. The first-order valence-electron chi connectivity index (χ1n) is 8.13. The van der Waals surface area contributed by atoms with E-state index in [2.05, 4.69) is 13.2 Å². The maximum absolute atomic E-state index is 11.2. The Morgan fingerprint density at radius 1 is 0.731 bits per heavy atom. The van der Waals surface area contributed by atoms with Crippen LogP contribution in [0.2, 0.25) is 0 Å². The second kappa shape index (κ2) is 7.66. The van der Waals surface area contributed by atoms with Gasteiger partial charge in [-0.1, -0.05) is 49.6 Å². The van der Waals surface area contributed by atoms with Crippen LogP contribution in [0.5, 0.6) is 0 Å². The Balaban J connectivity index is 1.88. The van der Waals surface area contributed by atoms with Gasteiger partial charge in [0.1, 0.15) is 13.2 Å². The largest absolute Gasteiger partial charge is 0.458 e. The van der Waals surface area contributed by atoms with E-state index in [-0.39, 0.29) is 13.2 Å². The highest BCUT2D eigenvalue weighted by Gasteiger charge is 2.05. The van der Waals surface area contributed by atoms with Gasteiger partial charge in [0.25, 0.3) is 0 Å². The number of ether oxygens (including phenoxy) is 2. The first-order chi connectivity index (χ1) is 12.6. The summed E-state index contributed by atoms with van der Waals surface area (Å²) in [6.07, 6.45) is 2.30. The fraction of sp³-hybridized carbons (Fsp3) is 0.0909. The molecule has 3 aromatic carbocycles. The molecule has 0 saturated heterocycles. The number of carbonyl (C=O) groups excluding carboxylic acids is 2. The minimum absolute atomic E-state index is 0.215. The van der Waals surface area contributed by atoms with Gasteiger partial charge in [-0.3, -0.25) is 0 Å². The zero-order valence-electron chi connectivity index (χ0n) is 14.2. The van der Waals surface area contributed by atoms with Gasteiger partial charge in [0.15, 0.2) is 0 Å². The van der Waals surface area contributed by atoms with E-state index in [9.17, 15) is 9.59 Å². The van der Waals surface area contributed by atoms with Gasteiger partial charge in [-0.25, -0.2) is 9.59 Å². The predicted molar refractivity (Wildman–Crippen MR) is 101 cm³/mol. The van der Waals surface area contributed by atoms with Crippen LogP contribution in [-0.4, -0.2) is 11.9 Å². The molecule has 3 rings (SSSR count). The first-order valence-corrected chi connectivity index (χ1v) is 8.13. The summed E-state index contributed by atoms with van der Waals surface area (Å²) >= 11 is 0. The molecule has 0 heterocycles. The van der Waals surface area contributed by atoms with Crippen LogP contribution >= 0.6 is 0 Å². The van der Waals surface area contributed by atoms with E-state index in [0.717, 1.165) is 44.8 Å². The van der Waals surface area contributed by atoms with Gasteiger partial charge in [-0.05, 0) is 44.8 Å². The Morgan fingerprint density at radius 3 is 1.54 bits per heavy atom. The van der Waals surface area contributed by atoms with Crippen molar-refractivity contribution >= 4 is 33.5 Å². The summed E-state index contributed by atoms with van der Waals surface area (Å²) in [5.41, 5.74) is 1.83. The maximum Gasteiger partial charge on any atom is 0.330 e. The minimum atomic E-state index is -0.437. The van der Waals surface area contributed by atoms with Crippen molar-refractivity contribution in [3.05, 3.63) is 85.0 Å². The average molecular weight is 346 g/mol. The quantitative estimate of drug-likeness (QED) is 0.376. The maximum atomic E-state index is 11.2. The van der Waals surface area contributed by atoms with E-state index >= 15 is 0 Å². The molecule has 0 N–H and O–H groups in total. The van der Waals surface area contributed by atoms with Crippen molar-refractivity contribution in [2.75, 3.05) is 0 Å². The third-order valence-electron chi connectivity index (χ3n) is 4.06. The molecule has 0 aromatic heterocycles. The highest BCUT2D eigenvalue weighted by atomic mass is 16.5. The number of esters is 2. The molecule has 0 atom stereocenters. The molecule has 0 amide bonds. The van der Waals surface area contributed by atoms with Crippen molar-refractivity contribution in [2.24, 2.45) is 0 Å². The van der Waals surface area contributed by atoms with Gasteiger partial charge in [0, 0.05) is 12.2 Å². The molecule has 130 valence electrons. The van der Waals surface area contributed by atoms with Crippen LogP contribution < -0.4 is 0 Å². The third kappa shape index (κ3) is 3.81. The second-order valence-corrected chi connectivity index (χ2v) is 5.80. The normalized spacial score (nSPS) is 10.5. The van der Waals surface area contributed by atoms with Crippen molar-refractivity contribution in [1.29, 1.82) is 0 Å². The zero-order valence-corrected chi connectivity index (χ0v) is 14.2. The Morgan fingerprint density at radius 2 is 1.15 bits per heavy atom. The van der Waals surface area contributed by atoms with E-state index in [4.69, 9.17) is 9.47 Å². The van der Waals surface area contributed by atoms with E-state index in [1.54, 1.807) is 0 Å². The number of fused-ring (bicyclic) bond motifs is 3. The molecule has 0 fully saturated rings. The Bertz CT molecular complexity index is 935. The molecule has 0 radical (unpaired) electrons. The zero-order chi connectivity index (χ0) is 18.5. The molecule has 0 aliphatic heterocycles. The van der Waals surface area contributed by atoms with Crippen LogP contribution in [-0.2, 0) is 32.3 Å². The van der Waals surface area contributed by atoms with Crippen molar-refractivity contribution in [1.82, 2.24) is 0 Å². The average Bonchev–Trinajstić information content (AvgIpc) is 2.69. The Labute approximate surface area is 151 Å². The third-order valence-corrected chi connectivity index (χ3v) is 4.06. The number of hydrogen-bond acceptors (Lipinski definition) is 4. The molecule has 0 bridgehead atoms. The Hall–Kier alpha value is -3.40. The standard InChI is InChI=1S/C22H18O4/c1-3-21(23)25-13-15-5-9-19-17(11-15)7-8-18-12-16(6-10-20(18)19)14-26-22(24)4-2/h3-12H,1-2,13-14H2. The molecular formula is C22H18O4. The van der Waals surface area contributed by atoms with Gasteiger partial charge in [0.2, 0.25) is 0 Å². The van der Waals surface area contributed by atoms with Crippen molar-refractivity contribution in [3.63, 3.8) is 0 Å². The van der Waals surface area contributed by atoms with Crippen LogP contribution in [0, 0.1) is 0 Å². The van der Waals surface area contributed by atoms with E-state index in [1.165, 1.54) is 0 Å². The number of benzene rings is 3. The lowest BCUT2D eigenvalue weighted by Gasteiger charge is -2.09. The van der Waals surface area contributed by atoms with Gasteiger partial charge in [-0.15, -0.1) is 0 Å². The van der Waals surface area contributed by atoms with Gasteiger partial charge in [-0.2, -0.15) is 0 Å². The van der Waals surface area contributed by atoms with E-state index in [0.29, 0.717) is 0 Å². The molecular weight excluding hydrogens is 328 g/mol. The van der Waals surface area contributed by atoms with Crippen LogP contribution in [0.25, 0.3) is 21.5 Å². The first kappa shape index (κ1) is 17.4. The molecule has 0 saturated carbocycles. The minimum Gasteiger partial charge on any atom is -0.458 e. The van der Waals surface area contributed by atoms with Gasteiger partial charge < -0.3 is 9.47 Å². The lowest BCUT2D eigenvalue weighted by Crippen LogP contribution is -2.00. The summed E-state index contributed by atoms with van der Waals surface area (Å²) < 4.78 is 10.2. The van der Waals surface area contributed by atoms with Crippen molar-refractivity contribution in [2.45, 2.75) is 13.2 Å². The van der Waals surface area contributed by atoms with Gasteiger partial charge in [0.05, 0.1) is 0 Å². The highest BCUT2D eigenvalue weighted by Crippen LogP contribution is 2.27. The molecule has 3 aromatic rings. The smallest absolute Gasteiger partial charge is 0.330 e. The van der Waals surface area contributed by atoms with E-state index in [1.807, 2.05) is 48.5 Å². The number of carbonyl (C=O) groups is 2. The fourth-order valence-corrected chi connectivity index (χ4v) is 2.78. The molecule has 4 heteroatoms. The summed E-state index contributed by atoms with van der Waals surface area (Å²) in [4.78, 5) is 22.4. The number of rotatable bonds is 6. The molecule has 0 aliphatic carbocycles. The van der Waals surface area contributed by atoms with Crippen molar-refractivity contribution in [3.8, 4) is 0 Å². The van der Waals surface area contributed by atoms with Crippen LogP contribution in [0.4, 0.5) is 0 Å². The lowest BCUT2D eigenvalue weighted by molar-refractivity contribution is -0.139. The Kier molecular flexibility index (Phi) is 5.13. The van der Waals surface area contributed by atoms with Crippen LogP contribution in [0.3, 0.4) is 0 Å². The van der Waals surface area contributed by atoms with Gasteiger partial charge >= 0.3 is 11.9 Å². The summed E-state index contributed by atoms with van der Waals surface area (Å²) in [5, 5.41) is 4.35. The summed E-state index contributed by atoms with van der Waals surface area (Å²) in [6, 6.07) is 16.0. The fourth-order valence-electron chi connectivity index (χ4n) is 2.78. The summed E-state index contributed by atoms with van der Waals surface area (Å²) in [6.45, 7) is 7.20. The molecule has 0 spiro atoms. The van der Waals surface area contributed by atoms with Crippen LogP contribution in [0.15, 0.2) is 73.8 Å². The predicted octanol–water partition coefficient (Wildman–Crippen LogP) is 4.45. The molecule has 0 aliphatic rings. The van der Waals surface area contributed by atoms with Crippen LogP contribution in [0.1, 0.15) is 11.1 Å². The summed E-state index contributed by atoms with van der Waals surface area (Å²) in [7, 11) is 0. The van der Waals surface area contributed by atoms with E-state index < -0.39 is 11.9 Å². The topological polar surface area (TPSA) is 52.6 Å². The SMILES string of the molecule is C=CC(=O)OCc1ccc2c(ccc3cc(COC(=O)C=C)ccc32)c1. The summed E-state index contributed by atoms with van der Waals surface area (Å²) in [5.74, 6) is -0.874. The lowest BCUT2D eigenvalue weighted by atomic mass is 9.99.